The molecule has 12 heavy (non-hydrogen) atoms. The zero-order valence-electron chi connectivity index (χ0n) is 7.47. The van der Waals surface area contributed by atoms with E-state index in [0.717, 1.165) is 18.0 Å². The Morgan fingerprint density at radius 2 is 2.25 bits per heavy atom. The van der Waals surface area contributed by atoms with Gasteiger partial charge in [0.25, 0.3) is 0 Å². The van der Waals surface area contributed by atoms with Crippen LogP contribution in [-0.2, 0) is 4.79 Å². The van der Waals surface area contributed by atoms with Gasteiger partial charge in [0.1, 0.15) is 0 Å². The predicted octanol–water partition coefficient (Wildman–Crippen LogP) is 1.62. The molecule has 0 amide bonds. The highest BCUT2D eigenvalue weighted by atomic mass is 16.1. The van der Waals surface area contributed by atoms with Crippen LogP contribution in [0.2, 0.25) is 0 Å². The third-order valence-corrected chi connectivity index (χ3v) is 2.72. The Morgan fingerprint density at radius 3 is 2.75 bits per heavy atom. The smallest absolute Gasteiger partial charge is 0.157 e. The Morgan fingerprint density at radius 1 is 1.50 bits per heavy atom. The molecule has 2 heteroatoms. The number of ketones is 1. The number of nitrogens with one attached hydrogen (secondary N) is 1. The molecule has 2 aliphatic rings. The largest absolute Gasteiger partial charge is 0.385 e. The van der Waals surface area contributed by atoms with Crippen LogP contribution in [0.15, 0.2) is 11.8 Å². The average Bonchev–Trinajstić information content (AvgIpc) is 2.78. The Labute approximate surface area is 73.0 Å². The predicted molar refractivity (Wildman–Crippen MR) is 47.6 cm³/mol. The van der Waals surface area contributed by atoms with Crippen molar-refractivity contribution in [2.75, 3.05) is 0 Å². The molecule has 0 aromatic carbocycles. The minimum absolute atomic E-state index is 0.278. The molecule has 0 aromatic rings. The van der Waals surface area contributed by atoms with Crippen molar-refractivity contribution in [3.05, 3.63) is 11.8 Å². The monoisotopic (exact) mass is 165 g/mol. The van der Waals surface area contributed by atoms with E-state index < -0.39 is 0 Å². The summed E-state index contributed by atoms with van der Waals surface area (Å²) in [5, 5.41) is 3.41. The first kappa shape index (κ1) is 7.84. The molecule has 2 rings (SSSR count). The van der Waals surface area contributed by atoms with Gasteiger partial charge in [0.15, 0.2) is 5.78 Å². The number of carbonyl (C=O) groups is 1. The van der Waals surface area contributed by atoms with Crippen molar-refractivity contribution in [2.24, 2.45) is 5.92 Å². The summed E-state index contributed by atoms with van der Waals surface area (Å²) in [7, 11) is 0. The number of allylic oxidation sites excluding steroid dienone is 2. The molecule has 1 fully saturated rings. The van der Waals surface area contributed by atoms with Gasteiger partial charge in [-0.05, 0) is 32.1 Å². The summed E-state index contributed by atoms with van der Waals surface area (Å²) in [6.07, 6.45) is 6.11. The molecule has 1 unspecified atom stereocenters. The van der Waals surface area contributed by atoms with Gasteiger partial charge in [0, 0.05) is 24.2 Å². The highest BCUT2D eigenvalue weighted by Crippen LogP contribution is 2.33. The van der Waals surface area contributed by atoms with Gasteiger partial charge < -0.3 is 5.32 Å². The minimum Gasteiger partial charge on any atom is -0.385 e. The highest BCUT2D eigenvalue weighted by Gasteiger charge is 2.28. The van der Waals surface area contributed by atoms with Crippen LogP contribution in [0.4, 0.5) is 0 Å². The van der Waals surface area contributed by atoms with Gasteiger partial charge in [-0.3, -0.25) is 4.79 Å². The molecule has 66 valence electrons. The summed E-state index contributed by atoms with van der Waals surface area (Å²) in [6.45, 7) is 2.21. The van der Waals surface area contributed by atoms with Gasteiger partial charge >= 0.3 is 0 Å². The van der Waals surface area contributed by atoms with E-state index in [1.54, 1.807) is 6.08 Å². The van der Waals surface area contributed by atoms with Crippen LogP contribution < -0.4 is 5.32 Å². The molecular formula is C10H15NO. The van der Waals surface area contributed by atoms with Crippen LogP contribution in [0.25, 0.3) is 0 Å². The third kappa shape index (κ3) is 1.68. The SMILES string of the molecule is CC(NC1=CC(=O)CC1)C1CC1. The van der Waals surface area contributed by atoms with Crippen molar-refractivity contribution in [1.29, 1.82) is 0 Å². The first-order valence-corrected chi connectivity index (χ1v) is 4.75. The van der Waals surface area contributed by atoms with E-state index in [1.165, 1.54) is 12.8 Å². The standard InChI is InChI=1S/C10H15NO/c1-7(8-2-3-8)11-9-4-5-10(12)6-9/h6-8,11H,2-5H2,1H3. The van der Waals surface area contributed by atoms with Crippen molar-refractivity contribution in [3.63, 3.8) is 0 Å². The number of carbonyl (C=O) groups excluding carboxylic acids is 1. The van der Waals surface area contributed by atoms with Crippen molar-refractivity contribution < 1.29 is 4.79 Å². The number of rotatable bonds is 3. The highest BCUT2D eigenvalue weighted by molar-refractivity contribution is 5.92. The van der Waals surface area contributed by atoms with E-state index in [9.17, 15) is 4.79 Å². The number of hydrogen-bond donors (Lipinski definition) is 1. The Balaban J connectivity index is 1.85. The Kier molecular flexibility index (Phi) is 1.91. The topological polar surface area (TPSA) is 29.1 Å². The lowest BCUT2D eigenvalue weighted by atomic mass is 10.2. The molecule has 1 atom stereocenters. The van der Waals surface area contributed by atoms with Crippen LogP contribution in [0, 0.1) is 5.92 Å². The van der Waals surface area contributed by atoms with Crippen molar-refractivity contribution in [1.82, 2.24) is 5.32 Å². The van der Waals surface area contributed by atoms with Gasteiger partial charge in [0.2, 0.25) is 0 Å². The second-order valence-electron chi connectivity index (χ2n) is 3.91. The van der Waals surface area contributed by atoms with Gasteiger partial charge in [-0.1, -0.05) is 0 Å². The molecule has 0 heterocycles. The van der Waals surface area contributed by atoms with E-state index in [-0.39, 0.29) is 5.78 Å². The summed E-state index contributed by atoms with van der Waals surface area (Å²) < 4.78 is 0. The van der Waals surface area contributed by atoms with E-state index in [2.05, 4.69) is 12.2 Å². The summed E-state index contributed by atoms with van der Waals surface area (Å²) in [5.41, 5.74) is 1.15. The fourth-order valence-electron chi connectivity index (χ4n) is 1.72. The molecule has 2 nitrogen and oxygen atoms in total. The van der Waals surface area contributed by atoms with Crippen LogP contribution >= 0.6 is 0 Å². The molecule has 2 aliphatic carbocycles. The minimum atomic E-state index is 0.278. The van der Waals surface area contributed by atoms with Crippen LogP contribution in [0.1, 0.15) is 32.6 Å². The summed E-state index contributed by atoms with van der Waals surface area (Å²) in [6, 6.07) is 0.571. The van der Waals surface area contributed by atoms with E-state index in [1.807, 2.05) is 0 Å². The first-order valence-electron chi connectivity index (χ1n) is 4.75. The van der Waals surface area contributed by atoms with Crippen molar-refractivity contribution >= 4 is 5.78 Å². The fourth-order valence-corrected chi connectivity index (χ4v) is 1.72. The van der Waals surface area contributed by atoms with Crippen LogP contribution in [0.5, 0.6) is 0 Å². The molecule has 0 saturated heterocycles. The van der Waals surface area contributed by atoms with Crippen LogP contribution in [-0.4, -0.2) is 11.8 Å². The normalized spacial score (nSPS) is 25.4. The van der Waals surface area contributed by atoms with Gasteiger partial charge in [0.05, 0.1) is 0 Å². The molecule has 0 spiro atoms. The third-order valence-electron chi connectivity index (χ3n) is 2.72. The van der Waals surface area contributed by atoms with Gasteiger partial charge in [-0.2, -0.15) is 0 Å². The fraction of sp³-hybridized carbons (Fsp3) is 0.700. The van der Waals surface area contributed by atoms with Crippen molar-refractivity contribution in [2.45, 2.75) is 38.6 Å². The van der Waals surface area contributed by atoms with E-state index >= 15 is 0 Å². The lowest BCUT2D eigenvalue weighted by molar-refractivity contribution is -0.114. The Hall–Kier alpha value is -0.790. The van der Waals surface area contributed by atoms with Gasteiger partial charge in [-0.25, -0.2) is 0 Å². The molecular weight excluding hydrogens is 150 g/mol. The maximum Gasteiger partial charge on any atom is 0.157 e. The van der Waals surface area contributed by atoms with Crippen LogP contribution in [0.3, 0.4) is 0 Å². The lowest BCUT2D eigenvalue weighted by Gasteiger charge is -2.14. The molecule has 1 saturated carbocycles. The van der Waals surface area contributed by atoms with E-state index in [0.29, 0.717) is 12.5 Å². The zero-order chi connectivity index (χ0) is 8.55. The van der Waals surface area contributed by atoms with Gasteiger partial charge in [-0.15, -0.1) is 0 Å². The lowest BCUT2D eigenvalue weighted by Crippen LogP contribution is -2.26. The molecule has 0 radical (unpaired) electrons. The quantitative estimate of drug-likeness (QED) is 0.688. The zero-order valence-corrected chi connectivity index (χ0v) is 7.47. The maximum atomic E-state index is 10.9. The average molecular weight is 165 g/mol. The second-order valence-corrected chi connectivity index (χ2v) is 3.91. The molecule has 1 N–H and O–H groups in total. The summed E-state index contributed by atoms with van der Waals surface area (Å²) in [5.74, 6) is 1.14. The Bertz CT molecular complexity index is 228. The number of hydrogen-bond acceptors (Lipinski definition) is 2. The second kappa shape index (κ2) is 2.92. The van der Waals surface area contributed by atoms with E-state index in [4.69, 9.17) is 0 Å². The first-order chi connectivity index (χ1) is 5.75. The maximum absolute atomic E-state index is 10.9. The summed E-state index contributed by atoms with van der Waals surface area (Å²) in [4.78, 5) is 10.9. The molecule has 0 aliphatic heterocycles. The van der Waals surface area contributed by atoms with Crippen molar-refractivity contribution in [3.8, 4) is 0 Å². The molecule has 0 aromatic heterocycles. The molecule has 0 bridgehead atoms. The summed E-state index contributed by atoms with van der Waals surface area (Å²) >= 11 is 0.